The molecule has 7 heteroatoms. The minimum atomic E-state index is -0.560. The second-order valence-corrected chi connectivity index (χ2v) is 4.56. The lowest BCUT2D eigenvalue weighted by Gasteiger charge is -2.07. The molecule has 19 heavy (non-hydrogen) atoms. The molecule has 0 fully saturated rings. The van der Waals surface area contributed by atoms with Gasteiger partial charge in [-0.05, 0) is 24.3 Å². The van der Waals surface area contributed by atoms with Crippen molar-refractivity contribution in [3.63, 3.8) is 0 Å². The van der Waals surface area contributed by atoms with Gasteiger partial charge in [0.25, 0.3) is 5.69 Å². The zero-order valence-electron chi connectivity index (χ0n) is 9.47. The number of halogens is 2. The van der Waals surface area contributed by atoms with Gasteiger partial charge in [-0.25, -0.2) is 0 Å². The van der Waals surface area contributed by atoms with E-state index < -0.39 is 4.92 Å². The van der Waals surface area contributed by atoms with Crippen molar-refractivity contribution < 1.29 is 9.66 Å². The molecule has 0 aliphatic rings. The molecule has 2 rings (SSSR count). The number of hydrogen-bond donors (Lipinski definition) is 1. The molecule has 0 saturated carbocycles. The first-order chi connectivity index (χ1) is 8.95. The third-order valence-corrected chi connectivity index (χ3v) is 2.70. The zero-order chi connectivity index (χ0) is 14.0. The molecule has 0 unspecified atom stereocenters. The van der Waals surface area contributed by atoms with Crippen molar-refractivity contribution in [2.24, 2.45) is 0 Å². The highest BCUT2D eigenvalue weighted by atomic mass is 35.5. The normalized spacial score (nSPS) is 10.2. The number of nitro benzene ring substituents is 1. The molecule has 0 amide bonds. The highest BCUT2D eigenvalue weighted by Gasteiger charge is 2.12. The van der Waals surface area contributed by atoms with E-state index in [-0.39, 0.29) is 11.4 Å². The van der Waals surface area contributed by atoms with Crippen molar-refractivity contribution >= 4 is 34.6 Å². The average Bonchev–Trinajstić information content (AvgIpc) is 2.26. The first-order valence-electron chi connectivity index (χ1n) is 5.13. The Morgan fingerprint density at radius 1 is 1.05 bits per heavy atom. The Hall–Kier alpha value is -1.98. The lowest BCUT2D eigenvalue weighted by molar-refractivity contribution is -0.383. The van der Waals surface area contributed by atoms with E-state index in [1.165, 1.54) is 18.2 Å². The molecule has 2 N–H and O–H groups in total. The van der Waals surface area contributed by atoms with Gasteiger partial charge in [-0.2, -0.15) is 0 Å². The second kappa shape index (κ2) is 5.34. The van der Waals surface area contributed by atoms with Gasteiger partial charge in [-0.1, -0.05) is 23.2 Å². The van der Waals surface area contributed by atoms with E-state index in [0.29, 0.717) is 21.5 Å². The van der Waals surface area contributed by atoms with Gasteiger partial charge in [0.2, 0.25) is 0 Å². The topological polar surface area (TPSA) is 78.4 Å². The summed E-state index contributed by atoms with van der Waals surface area (Å²) in [5.74, 6) is 0.784. The molecular formula is C12H8Cl2N2O3. The lowest BCUT2D eigenvalue weighted by atomic mass is 10.2. The van der Waals surface area contributed by atoms with E-state index in [2.05, 4.69) is 0 Å². The number of nitrogens with zero attached hydrogens (tertiary/aromatic N) is 1. The van der Waals surface area contributed by atoms with Gasteiger partial charge in [-0.15, -0.1) is 0 Å². The highest BCUT2D eigenvalue weighted by molar-refractivity contribution is 6.34. The number of nitro groups is 1. The Kier molecular flexibility index (Phi) is 3.78. The van der Waals surface area contributed by atoms with Crippen molar-refractivity contribution in [2.45, 2.75) is 0 Å². The molecule has 0 heterocycles. The Morgan fingerprint density at radius 2 is 1.68 bits per heavy atom. The van der Waals surface area contributed by atoms with Gasteiger partial charge in [0, 0.05) is 22.2 Å². The Balaban J connectivity index is 2.28. The van der Waals surface area contributed by atoms with Gasteiger partial charge >= 0.3 is 0 Å². The number of rotatable bonds is 3. The van der Waals surface area contributed by atoms with Gasteiger partial charge in [0.05, 0.1) is 4.92 Å². The molecule has 0 saturated heterocycles. The molecule has 5 nitrogen and oxygen atoms in total. The van der Waals surface area contributed by atoms with Crippen LogP contribution in [0.3, 0.4) is 0 Å². The van der Waals surface area contributed by atoms with E-state index in [9.17, 15) is 10.1 Å². The Morgan fingerprint density at radius 3 is 2.21 bits per heavy atom. The summed E-state index contributed by atoms with van der Waals surface area (Å²) in [6.07, 6.45) is 0. The first kappa shape index (κ1) is 13.5. The van der Waals surface area contributed by atoms with Crippen molar-refractivity contribution in [2.75, 3.05) is 5.73 Å². The van der Waals surface area contributed by atoms with Gasteiger partial charge in [-0.3, -0.25) is 10.1 Å². The number of ether oxygens (including phenoxy) is 1. The van der Waals surface area contributed by atoms with Crippen LogP contribution in [0.5, 0.6) is 11.5 Å². The molecule has 0 spiro atoms. The largest absolute Gasteiger partial charge is 0.457 e. The fourth-order valence-corrected chi connectivity index (χ4v) is 1.99. The quantitative estimate of drug-likeness (QED) is 0.521. The van der Waals surface area contributed by atoms with E-state index in [1.54, 1.807) is 18.2 Å². The van der Waals surface area contributed by atoms with Crippen LogP contribution >= 0.6 is 23.2 Å². The SMILES string of the molecule is Nc1cc(Oc2cc(Cl)cc(Cl)c2)ccc1[N+](=O)[O-]. The van der Waals surface area contributed by atoms with Crippen LogP contribution in [0.25, 0.3) is 0 Å². The predicted molar refractivity (Wildman–Crippen MR) is 74.0 cm³/mol. The smallest absolute Gasteiger partial charge is 0.292 e. The summed E-state index contributed by atoms with van der Waals surface area (Å²) in [5.41, 5.74) is 5.42. The molecule has 0 aromatic heterocycles. The van der Waals surface area contributed by atoms with Crippen LogP contribution in [0.1, 0.15) is 0 Å². The number of nitrogens with two attached hydrogens (primary N) is 1. The maximum absolute atomic E-state index is 10.6. The van der Waals surface area contributed by atoms with Crippen LogP contribution in [-0.4, -0.2) is 4.92 Å². The summed E-state index contributed by atoms with van der Waals surface area (Å²) in [6.45, 7) is 0. The van der Waals surface area contributed by atoms with E-state index in [0.717, 1.165) is 0 Å². The Bertz CT molecular complexity index is 627. The van der Waals surface area contributed by atoms with Crippen molar-refractivity contribution in [1.82, 2.24) is 0 Å². The molecule has 0 radical (unpaired) electrons. The summed E-state index contributed by atoms with van der Waals surface area (Å²) < 4.78 is 5.48. The van der Waals surface area contributed by atoms with Crippen LogP contribution in [0.15, 0.2) is 36.4 Å². The minimum absolute atomic E-state index is 0.0237. The minimum Gasteiger partial charge on any atom is -0.457 e. The standard InChI is InChI=1S/C12H8Cl2N2O3/c13-7-3-8(14)5-10(4-7)19-9-1-2-12(16(17)18)11(15)6-9/h1-6H,15H2. The third kappa shape index (κ3) is 3.27. The van der Waals surface area contributed by atoms with Crippen molar-refractivity contribution in [3.05, 3.63) is 56.6 Å². The summed E-state index contributed by atoms with van der Waals surface area (Å²) in [5, 5.41) is 11.5. The molecule has 0 atom stereocenters. The number of anilines is 1. The Labute approximate surface area is 118 Å². The first-order valence-corrected chi connectivity index (χ1v) is 5.89. The summed E-state index contributed by atoms with van der Waals surface area (Å²) >= 11 is 11.7. The van der Waals surface area contributed by atoms with Crippen molar-refractivity contribution in [3.8, 4) is 11.5 Å². The summed E-state index contributed by atoms with van der Waals surface area (Å²) in [4.78, 5) is 10.1. The fraction of sp³-hybridized carbons (Fsp3) is 0. The molecule has 98 valence electrons. The molecule has 2 aromatic rings. The summed E-state index contributed by atoms with van der Waals surface area (Å²) in [7, 11) is 0. The van der Waals surface area contributed by atoms with E-state index in [1.807, 2.05) is 0 Å². The molecule has 0 aliphatic carbocycles. The van der Waals surface area contributed by atoms with Crippen LogP contribution in [0, 0.1) is 10.1 Å². The van der Waals surface area contributed by atoms with Crippen LogP contribution in [0.2, 0.25) is 10.0 Å². The van der Waals surface area contributed by atoms with Crippen molar-refractivity contribution in [1.29, 1.82) is 0 Å². The zero-order valence-corrected chi connectivity index (χ0v) is 11.0. The maximum Gasteiger partial charge on any atom is 0.292 e. The molecule has 0 bridgehead atoms. The third-order valence-electron chi connectivity index (χ3n) is 2.27. The van der Waals surface area contributed by atoms with Crippen LogP contribution in [0.4, 0.5) is 11.4 Å². The maximum atomic E-state index is 10.6. The average molecular weight is 299 g/mol. The molecular weight excluding hydrogens is 291 g/mol. The van der Waals surface area contributed by atoms with Crippen LogP contribution < -0.4 is 10.5 Å². The fourth-order valence-electron chi connectivity index (χ4n) is 1.49. The van der Waals surface area contributed by atoms with Gasteiger partial charge < -0.3 is 10.5 Å². The van der Waals surface area contributed by atoms with Crippen LogP contribution in [-0.2, 0) is 0 Å². The number of benzene rings is 2. The van der Waals surface area contributed by atoms with E-state index >= 15 is 0 Å². The molecule has 0 aliphatic heterocycles. The van der Waals surface area contributed by atoms with E-state index in [4.69, 9.17) is 33.7 Å². The number of hydrogen-bond acceptors (Lipinski definition) is 4. The summed E-state index contributed by atoms with van der Waals surface area (Å²) in [6, 6.07) is 8.81. The predicted octanol–water partition coefficient (Wildman–Crippen LogP) is 4.28. The van der Waals surface area contributed by atoms with Gasteiger partial charge in [0.15, 0.2) is 0 Å². The number of nitrogen functional groups attached to an aromatic ring is 1. The lowest BCUT2D eigenvalue weighted by Crippen LogP contribution is -1.96. The molecule has 2 aromatic carbocycles. The van der Waals surface area contributed by atoms with Gasteiger partial charge in [0.1, 0.15) is 17.2 Å². The monoisotopic (exact) mass is 298 g/mol. The second-order valence-electron chi connectivity index (χ2n) is 3.68. The highest BCUT2D eigenvalue weighted by Crippen LogP contribution is 2.31.